The fourth-order valence-corrected chi connectivity index (χ4v) is 4.54. The number of nitrogens with zero attached hydrogens (tertiary/aromatic N) is 3. The van der Waals surface area contributed by atoms with E-state index >= 15 is 0 Å². The molecule has 4 rings (SSSR count). The van der Waals surface area contributed by atoms with E-state index in [1.54, 1.807) is 30.6 Å². The van der Waals surface area contributed by atoms with Gasteiger partial charge in [0.05, 0.1) is 12.3 Å². The van der Waals surface area contributed by atoms with Crippen LogP contribution in [0.3, 0.4) is 0 Å². The number of aryl methyl sites for hydroxylation is 1. The molecule has 0 N–H and O–H groups in total. The van der Waals surface area contributed by atoms with Gasteiger partial charge in [-0.05, 0) is 36.2 Å². The summed E-state index contributed by atoms with van der Waals surface area (Å²) in [4.78, 5) is 20.3. The number of rotatable bonds is 10. The zero-order valence-corrected chi connectivity index (χ0v) is 18.9. The average Bonchev–Trinajstić information content (AvgIpc) is 3.40. The SMILES string of the molecule is COCCN(CCc1csc2nc(-c3ccc(F)cc3)cn12)C(=O)CCc1ccccc1. The van der Waals surface area contributed by atoms with Crippen molar-refractivity contribution in [3.63, 3.8) is 0 Å². The van der Waals surface area contributed by atoms with Crippen LogP contribution in [-0.4, -0.2) is 47.0 Å². The predicted octanol–water partition coefficient (Wildman–Crippen LogP) is 4.85. The summed E-state index contributed by atoms with van der Waals surface area (Å²) in [6, 6.07) is 16.4. The Morgan fingerprint density at radius 1 is 1.09 bits per heavy atom. The average molecular weight is 452 g/mol. The Labute approximate surface area is 191 Å². The van der Waals surface area contributed by atoms with E-state index in [4.69, 9.17) is 4.74 Å². The molecule has 0 bridgehead atoms. The first-order valence-corrected chi connectivity index (χ1v) is 11.5. The Morgan fingerprint density at radius 2 is 1.88 bits per heavy atom. The number of hydrogen-bond donors (Lipinski definition) is 0. The van der Waals surface area contributed by atoms with Gasteiger partial charge >= 0.3 is 0 Å². The van der Waals surface area contributed by atoms with Crippen LogP contribution in [0.25, 0.3) is 16.2 Å². The Balaban J connectivity index is 1.42. The lowest BCUT2D eigenvalue weighted by Crippen LogP contribution is -2.35. The molecule has 166 valence electrons. The third-order valence-electron chi connectivity index (χ3n) is 5.45. The largest absolute Gasteiger partial charge is 0.383 e. The van der Waals surface area contributed by atoms with E-state index in [0.29, 0.717) is 26.1 Å². The normalized spacial score (nSPS) is 11.2. The van der Waals surface area contributed by atoms with E-state index in [2.05, 4.69) is 14.8 Å². The molecule has 0 atom stereocenters. The van der Waals surface area contributed by atoms with Crippen LogP contribution in [0.1, 0.15) is 17.7 Å². The maximum atomic E-state index is 13.2. The number of benzene rings is 2. The summed E-state index contributed by atoms with van der Waals surface area (Å²) < 4.78 is 20.5. The van der Waals surface area contributed by atoms with Crippen LogP contribution in [0.4, 0.5) is 4.39 Å². The highest BCUT2D eigenvalue weighted by Crippen LogP contribution is 2.24. The first-order chi connectivity index (χ1) is 15.6. The minimum absolute atomic E-state index is 0.134. The van der Waals surface area contributed by atoms with E-state index in [-0.39, 0.29) is 11.7 Å². The number of methoxy groups -OCH3 is 1. The number of carbonyl (C=O) groups excluding carboxylic acids is 1. The number of carbonyl (C=O) groups is 1. The smallest absolute Gasteiger partial charge is 0.222 e. The van der Waals surface area contributed by atoms with Crippen molar-refractivity contribution in [3.05, 3.63) is 83.2 Å². The Bertz CT molecular complexity index is 1160. The second-order valence-electron chi connectivity index (χ2n) is 7.62. The summed E-state index contributed by atoms with van der Waals surface area (Å²) in [5, 5.41) is 2.08. The minimum Gasteiger partial charge on any atom is -0.383 e. The van der Waals surface area contributed by atoms with Crippen LogP contribution < -0.4 is 0 Å². The van der Waals surface area contributed by atoms with Crippen molar-refractivity contribution in [1.82, 2.24) is 14.3 Å². The van der Waals surface area contributed by atoms with Gasteiger partial charge in [0.25, 0.3) is 0 Å². The minimum atomic E-state index is -0.261. The number of halogens is 1. The maximum absolute atomic E-state index is 13.2. The lowest BCUT2D eigenvalue weighted by molar-refractivity contribution is -0.131. The van der Waals surface area contributed by atoms with Crippen LogP contribution >= 0.6 is 11.3 Å². The van der Waals surface area contributed by atoms with Crippen LogP contribution in [0.5, 0.6) is 0 Å². The van der Waals surface area contributed by atoms with Crippen molar-refractivity contribution < 1.29 is 13.9 Å². The summed E-state index contributed by atoms with van der Waals surface area (Å²) >= 11 is 1.57. The second kappa shape index (κ2) is 10.5. The molecule has 0 saturated heterocycles. The fraction of sp³-hybridized carbons (Fsp3) is 0.280. The number of imidazole rings is 1. The highest BCUT2D eigenvalue weighted by Gasteiger charge is 2.16. The number of amides is 1. The molecular weight excluding hydrogens is 425 g/mol. The second-order valence-corrected chi connectivity index (χ2v) is 8.46. The van der Waals surface area contributed by atoms with Gasteiger partial charge in [-0.15, -0.1) is 11.3 Å². The van der Waals surface area contributed by atoms with Crippen molar-refractivity contribution in [3.8, 4) is 11.3 Å². The van der Waals surface area contributed by atoms with Crippen molar-refractivity contribution in [2.45, 2.75) is 19.3 Å². The molecule has 2 aromatic heterocycles. The topological polar surface area (TPSA) is 46.8 Å². The van der Waals surface area contributed by atoms with Gasteiger partial charge in [-0.2, -0.15) is 0 Å². The Hall–Kier alpha value is -3.03. The Morgan fingerprint density at radius 3 is 2.62 bits per heavy atom. The molecule has 0 fully saturated rings. The Kier molecular flexibility index (Phi) is 7.29. The van der Waals surface area contributed by atoms with Gasteiger partial charge in [-0.25, -0.2) is 9.37 Å². The molecule has 0 spiro atoms. The predicted molar refractivity (Wildman–Crippen MR) is 125 cm³/mol. The highest BCUT2D eigenvalue weighted by molar-refractivity contribution is 7.15. The molecule has 2 aromatic carbocycles. The van der Waals surface area contributed by atoms with Gasteiger partial charge < -0.3 is 9.64 Å². The first-order valence-electron chi connectivity index (χ1n) is 10.7. The van der Waals surface area contributed by atoms with Gasteiger partial charge in [0.15, 0.2) is 4.96 Å². The van der Waals surface area contributed by atoms with Crippen molar-refractivity contribution in [1.29, 1.82) is 0 Å². The van der Waals surface area contributed by atoms with Gasteiger partial charge in [-0.1, -0.05) is 30.3 Å². The van der Waals surface area contributed by atoms with Gasteiger partial charge in [0, 0.05) is 55.9 Å². The van der Waals surface area contributed by atoms with E-state index < -0.39 is 0 Å². The van der Waals surface area contributed by atoms with Crippen LogP contribution in [0.15, 0.2) is 66.2 Å². The van der Waals surface area contributed by atoms with Crippen LogP contribution in [-0.2, 0) is 22.4 Å². The third kappa shape index (κ3) is 5.41. The van der Waals surface area contributed by atoms with Crippen LogP contribution in [0.2, 0.25) is 0 Å². The van der Waals surface area contributed by atoms with Gasteiger partial charge in [0.2, 0.25) is 5.91 Å². The zero-order valence-electron chi connectivity index (χ0n) is 18.0. The summed E-state index contributed by atoms with van der Waals surface area (Å²) in [7, 11) is 1.65. The molecule has 1 amide bonds. The lowest BCUT2D eigenvalue weighted by Gasteiger charge is -2.22. The first kappa shape index (κ1) is 22.2. The summed E-state index contributed by atoms with van der Waals surface area (Å²) in [5.74, 6) is -0.126. The zero-order chi connectivity index (χ0) is 22.3. The quantitative estimate of drug-likeness (QED) is 0.346. The molecule has 0 saturated carbocycles. The molecular formula is C25H26FN3O2S. The number of thiazole rings is 1. The third-order valence-corrected chi connectivity index (χ3v) is 6.34. The molecule has 0 unspecified atom stereocenters. The van der Waals surface area contributed by atoms with Crippen molar-refractivity contribution in [2.24, 2.45) is 0 Å². The summed E-state index contributed by atoms with van der Waals surface area (Å²) in [5.41, 5.74) is 3.96. The summed E-state index contributed by atoms with van der Waals surface area (Å²) in [6.07, 6.45) is 3.91. The highest BCUT2D eigenvalue weighted by atomic mass is 32.1. The van der Waals surface area contributed by atoms with Gasteiger partial charge in [0.1, 0.15) is 5.82 Å². The molecule has 5 nitrogen and oxygen atoms in total. The van der Waals surface area contributed by atoms with E-state index in [1.807, 2.05) is 41.4 Å². The van der Waals surface area contributed by atoms with Crippen LogP contribution in [0, 0.1) is 5.82 Å². The number of aromatic nitrogens is 2. The van der Waals surface area contributed by atoms with Crippen molar-refractivity contribution in [2.75, 3.05) is 26.8 Å². The molecule has 0 radical (unpaired) electrons. The van der Waals surface area contributed by atoms with E-state index in [9.17, 15) is 9.18 Å². The van der Waals surface area contributed by atoms with E-state index in [0.717, 1.165) is 34.8 Å². The maximum Gasteiger partial charge on any atom is 0.222 e. The van der Waals surface area contributed by atoms with Gasteiger partial charge in [-0.3, -0.25) is 9.20 Å². The lowest BCUT2D eigenvalue weighted by atomic mass is 10.1. The molecule has 0 aliphatic heterocycles. The molecule has 7 heteroatoms. The number of fused-ring (bicyclic) bond motifs is 1. The summed E-state index contributed by atoms with van der Waals surface area (Å²) in [6.45, 7) is 1.70. The molecule has 4 aromatic rings. The molecule has 0 aliphatic carbocycles. The number of hydrogen-bond acceptors (Lipinski definition) is 4. The van der Waals surface area contributed by atoms with Crippen molar-refractivity contribution >= 4 is 22.2 Å². The fourth-order valence-electron chi connectivity index (χ4n) is 3.64. The number of ether oxygens (including phenoxy) is 1. The van der Waals surface area contributed by atoms with E-state index in [1.165, 1.54) is 17.7 Å². The molecule has 32 heavy (non-hydrogen) atoms. The molecule has 0 aliphatic rings. The standard InChI is InChI=1S/C25H26FN3O2S/c1-31-16-15-28(24(30)12-7-19-5-3-2-4-6-19)14-13-22-18-32-25-27-23(17-29(22)25)20-8-10-21(26)11-9-20/h2-6,8-11,17-18H,7,12-16H2,1H3. The monoisotopic (exact) mass is 451 g/mol. The molecule has 2 heterocycles.